The fourth-order valence-corrected chi connectivity index (χ4v) is 2.51. The van der Waals surface area contributed by atoms with Crippen LogP contribution in [0, 0.1) is 5.92 Å². The highest BCUT2D eigenvalue weighted by atomic mass is 19.4. The number of nitrogens with zero attached hydrogens (tertiary/aromatic N) is 1. The van der Waals surface area contributed by atoms with E-state index in [1.807, 2.05) is 0 Å². The molecule has 1 fully saturated rings. The van der Waals surface area contributed by atoms with Gasteiger partial charge >= 0.3 is 12.1 Å². The van der Waals surface area contributed by atoms with E-state index in [9.17, 15) is 22.8 Å². The van der Waals surface area contributed by atoms with Crippen molar-refractivity contribution in [2.45, 2.75) is 38.4 Å². The number of amides is 1. The molecule has 1 rings (SSSR count). The van der Waals surface area contributed by atoms with Gasteiger partial charge in [-0.05, 0) is 12.3 Å². The van der Waals surface area contributed by atoms with E-state index >= 15 is 0 Å². The molecule has 1 amide bonds. The van der Waals surface area contributed by atoms with Crippen LogP contribution in [0.4, 0.5) is 13.2 Å². The maximum Gasteiger partial charge on any atom is 0.401 e. The fourth-order valence-electron chi connectivity index (χ4n) is 2.51. The molecule has 8 heteroatoms. The molecule has 122 valence electrons. The molecule has 0 aromatic carbocycles. The highest BCUT2D eigenvalue weighted by Gasteiger charge is 2.34. The van der Waals surface area contributed by atoms with Gasteiger partial charge in [-0.25, -0.2) is 0 Å². The van der Waals surface area contributed by atoms with Crippen molar-refractivity contribution in [1.82, 2.24) is 10.2 Å². The summed E-state index contributed by atoms with van der Waals surface area (Å²) >= 11 is 0. The average Bonchev–Trinajstić information content (AvgIpc) is 2.43. The van der Waals surface area contributed by atoms with Gasteiger partial charge in [-0.15, -0.1) is 0 Å². The number of rotatable bonds is 5. The van der Waals surface area contributed by atoms with Gasteiger partial charge in [0.1, 0.15) is 0 Å². The third kappa shape index (κ3) is 6.33. The lowest BCUT2D eigenvalue weighted by Crippen LogP contribution is -2.53. The van der Waals surface area contributed by atoms with E-state index in [1.165, 1.54) is 12.0 Å². The first-order valence-corrected chi connectivity index (χ1v) is 6.89. The van der Waals surface area contributed by atoms with Gasteiger partial charge in [0.05, 0.1) is 20.1 Å². The molecule has 0 spiro atoms. The maximum absolute atomic E-state index is 12.3. The van der Waals surface area contributed by atoms with E-state index in [2.05, 4.69) is 10.1 Å². The lowest BCUT2D eigenvalue weighted by molar-refractivity contribution is -0.144. The number of nitrogens with one attached hydrogen (secondary N) is 1. The Hall–Kier alpha value is -1.31. The fraction of sp³-hybridized carbons (Fsp3) is 0.846. The number of halogens is 3. The molecule has 2 atom stereocenters. The van der Waals surface area contributed by atoms with E-state index in [4.69, 9.17) is 0 Å². The molecule has 1 N–H and O–H groups in total. The SMILES string of the molecule is CCC(=O)N1CC(CC(=O)OC)CC(NCC(F)(F)F)C1. The molecular formula is C13H21F3N2O3. The summed E-state index contributed by atoms with van der Waals surface area (Å²) in [4.78, 5) is 24.6. The van der Waals surface area contributed by atoms with E-state index < -0.39 is 24.7 Å². The first-order valence-electron chi connectivity index (χ1n) is 6.89. The third-order valence-corrected chi connectivity index (χ3v) is 3.47. The number of esters is 1. The van der Waals surface area contributed by atoms with Gasteiger partial charge in [-0.3, -0.25) is 9.59 Å². The summed E-state index contributed by atoms with van der Waals surface area (Å²) in [6, 6.07) is -0.467. The van der Waals surface area contributed by atoms with Gasteiger partial charge in [0.25, 0.3) is 0 Å². The Balaban J connectivity index is 2.65. The number of ether oxygens (including phenoxy) is 1. The van der Waals surface area contributed by atoms with Crippen molar-refractivity contribution in [3.8, 4) is 0 Å². The maximum atomic E-state index is 12.3. The molecule has 0 aliphatic carbocycles. The predicted molar refractivity (Wildman–Crippen MR) is 69.5 cm³/mol. The number of hydrogen-bond acceptors (Lipinski definition) is 4. The minimum Gasteiger partial charge on any atom is -0.469 e. The standard InChI is InChI=1S/C13H21F3N2O3/c1-3-11(19)18-6-9(5-12(20)21-2)4-10(7-18)17-8-13(14,15)16/h9-10,17H,3-8H2,1-2H3. The Kier molecular flexibility index (Phi) is 6.44. The summed E-state index contributed by atoms with van der Waals surface area (Å²) in [5, 5.41) is 2.42. The normalized spacial score (nSPS) is 23.0. The van der Waals surface area contributed by atoms with Crippen molar-refractivity contribution in [3.63, 3.8) is 0 Å². The van der Waals surface area contributed by atoms with Crippen molar-refractivity contribution in [2.24, 2.45) is 5.92 Å². The molecule has 0 aromatic rings. The Bertz CT molecular complexity index is 374. The summed E-state index contributed by atoms with van der Waals surface area (Å²) in [5.74, 6) is -0.726. The van der Waals surface area contributed by atoms with Crippen LogP contribution in [0.3, 0.4) is 0 Å². The Morgan fingerprint density at radius 2 is 2.00 bits per heavy atom. The third-order valence-electron chi connectivity index (χ3n) is 3.47. The molecule has 1 saturated heterocycles. The monoisotopic (exact) mass is 310 g/mol. The van der Waals surface area contributed by atoms with Gasteiger partial charge in [-0.2, -0.15) is 13.2 Å². The smallest absolute Gasteiger partial charge is 0.401 e. The van der Waals surface area contributed by atoms with Crippen LogP contribution in [0.5, 0.6) is 0 Å². The van der Waals surface area contributed by atoms with Crippen LogP contribution < -0.4 is 5.32 Å². The van der Waals surface area contributed by atoms with Crippen LogP contribution in [0.15, 0.2) is 0 Å². The minimum absolute atomic E-state index is 0.105. The second kappa shape index (κ2) is 7.63. The van der Waals surface area contributed by atoms with Crippen molar-refractivity contribution >= 4 is 11.9 Å². The topological polar surface area (TPSA) is 58.6 Å². The summed E-state index contributed by atoms with van der Waals surface area (Å²) in [6.45, 7) is 1.22. The molecule has 1 aliphatic heterocycles. The number of hydrogen-bond donors (Lipinski definition) is 1. The van der Waals surface area contributed by atoms with Gasteiger partial charge in [-0.1, -0.05) is 6.92 Å². The minimum atomic E-state index is -4.30. The molecule has 5 nitrogen and oxygen atoms in total. The van der Waals surface area contributed by atoms with Crippen molar-refractivity contribution in [2.75, 3.05) is 26.7 Å². The Morgan fingerprint density at radius 3 is 2.52 bits per heavy atom. The summed E-state index contributed by atoms with van der Waals surface area (Å²) < 4.78 is 41.4. The van der Waals surface area contributed by atoms with Crippen molar-refractivity contribution < 1.29 is 27.5 Å². The molecular weight excluding hydrogens is 289 g/mol. The summed E-state index contributed by atoms with van der Waals surface area (Å²) in [5.41, 5.74) is 0. The predicted octanol–water partition coefficient (Wildman–Crippen LogP) is 1.33. The van der Waals surface area contributed by atoms with Gasteiger partial charge < -0.3 is 15.0 Å². The van der Waals surface area contributed by atoms with E-state index in [-0.39, 0.29) is 31.2 Å². The quantitative estimate of drug-likeness (QED) is 0.778. The largest absolute Gasteiger partial charge is 0.469 e. The summed E-state index contributed by atoms with van der Waals surface area (Å²) in [7, 11) is 1.26. The highest BCUT2D eigenvalue weighted by molar-refractivity contribution is 5.76. The first kappa shape index (κ1) is 17.7. The van der Waals surface area contributed by atoms with Crippen LogP contribution in [0.1, 0.15) is 26.2 Å². The zero-order valence-electron chi connectivity index (χ0n) is 12.2. The number of piperidine rings is 1. The average molecular weight is 310 g/mol. The van der Waals surface area contributed by atoms with Crippen molar-refractivity contribution in [3.05, 3.63) is 0 Å². The molecule has 21 heavy (non-hydrogen) atoms. The lowest BCUT2D eigenvalue weighted by atomic mass is 9.91. The first-order chi connectivity index (χ1) is 9.75. The van der Waals surface area contributed by atoms with Crippen LogP contribution >= 0.6 is 0 Å². The second-order valence-electron chi connectivity index (χ2n) is 5.23. The zero-order chi connectivity index (χ0) is 16.0. The second-order valence-corrected chi connectivity index (χ2v) is 5.23. The number of carbonyl (C=O) groups is 2. The van der Waals surface area contributed by atoms with Crippen LogP contribution in [-0.4, -0.2) is 55.7 Å². The Morgan fingerprint density at radius 1 is 1.33 bits per heavy atom. The number of likely N-dealkylation sites (tertiary alicyclic amines) is 1. The molecule has 0 saturated carbocycles. The van der Waals surface area contributed by atoms with Gasteiger partial charge in [0.15, 0.2) is 0 Å². The molecule has 0 bridgehead atoms. The molecule has 2 unspecified atom stereocenters. The van der Waals surface area contributed by atoms with Crippen molar-refractivity contribution in [1.29, 1.82) is 0 Å². The van der Waals surface area contributed by atoms with E-state index in [0.29, 0.717) is 13.0 Å². The highest BCUT2D eigenvalue weighted by Crippen LogP contribution is 2.22. The van der Waals surface area contributed by atoms with Crippen LogP contribution in [0.2, 0.25) is 0 Å². The zero-order valence-corrected chi connectivity index (χ0v) is 12.2. The number of carbonyl (C=O) groups excluding carboxylic acids is 2. The summed E-state index contributed by atoms with van der Waals surface area (Å²) in [6.07, 6.45) is -3.49. The molecule has 1 heterocycles. The van der Waals surface area contributed by atoms with Crippen LogP contribution in [0.25, 0.3) is 0 Å². The molecule has 0 radical (unpaired) electrons. The van der Waals surface area contributed by atoms with Gasteiger partial charge in [0, 0.05) is 25.6 Å². The Labute approximate surface area is 121 Å². The molecule has 0 aromatic heterocycles. The lowest BCUT2D eigenvalue weighted by Gasteiger charge is -2.38. The van der Waals surface area contributed by atoms with Gasteiger partial charge in [0.2, 0.25) is 5.91 Å². The number of methoxy groups -OCH3 is 1. The number of alkyl halides is 3. The molecule has 1 aliphatic rings. The van der Waals surface area contributed by atoms with Crippen LogP contribution in [-0.2, 0) is 14.3 Å². The van der Waals surface area contributed by atoms with E-state index in [0.717, 1.165) is 0 Å². The van der Waals surface area contributed by atoms with E-state index in [1.54, 1.807) is 6.92 Å².